The fourth-order valence-corrected chi connectivity index (χ4v) is 7.26. The predicted molar refractivity (Wildman–Crippen MR) is 125 cm³/mol. The number of hydrogen-bond donors (Lipinski definition) is 2. The number of rotatable bonds is 2. The smallest absolute Gasteiger partial charge is 0.156 e. The Bertz CT molecular complexity index is 1040. The third-order valence-corrected chi connectivity index (χ3v) is 8.82. The lowest BCUT2D eigenvalue weighted by atomic mass is 9.51. The van der Waals surface area contributed by atoms with Crippen LogP contribution >= 0.6 is 0 Å². The van der Waals surface area contributed by atoms with Gasteiger partial charge in [-0.2, -0.15) is 0 Å². The van der Waals surface area contributed by atoms with Crippen molar-refractivity contribution in [1.29, 1.82) is 0 Å². The molecular formula is C28H33NO2. The molecule has 2 fully saturated rings. The first kappa shape index (κ1) is 20.6. The minimum Gasteiger partial charge on any atom is -0.388 e. The summed E-state index contributed by atoms with van der Waals surface area (Å²) in [7, 11) is 1.95. The Kier molecular flexibility index (Phi) is 4.90. The molecule has 0 heterocycles. The Balaban J connectivity index is 1.68. The number of allylic oxidation sites excluding steroid dienone is 4. The molecule has 0 aromatic heterocycles. The largest absolute Gasteiger partial charge is 0.388 e. The average Bonchev–Trinajstić information content (AvgIpc) is 3.03. The summed E-state index contributed by atoms with van der Waals surface area (Å²) in [4.78, 5) is 12.1. The number of carbonyl (C=O) groups is 1. The van der Waals surface area contributed by atoms with E-state index in [0.717, 1.165) is 44.2 Å². The number of hydrogen-bond acceptors (Lipinski definition) is 3. The van der Waals surface area contributed by atoms with Crippen molar-refractivity contribution in [2.75, 3.05) is 12.4 Å². The fraction of sp³-hybridized carbons (Fsp3) is 0.536. The van der Waals surface area contributed by atoms with E-state index in [1.165, 1.54) is 16.7 Å². The van der Waals surface area contributed by atoms with E-state index in [9.17, 15) is 9.90 Å². The van der Waals surface area contributed by atoms with Crippen LogP contribution in [0.3, 0.4) is 0 Å². The van der Waals surface area contributed by atoms with Crippen LogP contribution in [0.2, 0.25) is 0 Å². The van der Waals surface area contributed by atoms with Crippen LogP contribution in [-0.4, -0.2) is 23.5 Å². The number of benzene rings is 1. The number of carbonyl (C=O) groups excluding carboxylic acids is 1. The van der Waals surface area contributed by atoms with Crippen molar-refractivity contribution in [2.24, 2.45) is 17.3 Å². The number of fused-ring (bicyclic) bond motifs is 4. The van der Waals surface area contributed by atoms with E-state index >= 15 is 0 Å². The molecule has 5 atom stereocenters. The molecule has 0 spiro atoms. The Labute approximate surface area is 186 Å². The van der Waals surface area contributed by atoms with Crippen LogP contribution in [0.4, 0.5) is 5.69 Å². The van der Waals surface area contributed by atoms with Crippen molar-refractivity contribution in [3.05, 3.63) is 52.6 Å². The highest BCUT2D eigenvalue weighted by atomic mass is 16.3. The maximum absolute atomic E-state index is 12.1. The van der Waals surface area contributed by atoms with Gasteiger partial charge in [-0.3, -0.25) is 4.79 Å². The van der Waals surface area contributed by atoms with Gasteiger partial charge in [0, 0.05) is 30.5 Å². The molecule has 3 unspecified atom stereocenters. The second-order valence-corrected chi connectivity index (χ2v) is 10.1. The zero-order chi connectivity index (χ0) is 21.8. The van der Waals surface area contributed by atoms with Crippen molar-refractivity contribution < 1.29 is 9.90 Å². The van der Waals surface area contributed by atoms with Gasteiger partial charge in [0.2, 0.25) is 0 Å². The molecule has 4 aliphatic rings. The van der Waals surface area contributed by atoms with E-state index < -0.39 is 5.60 Å². The summed E-state index contributed by atoms with van der Waals surface area (Å²) in [6.45, 7) is 4.14. The van der Waals surface area contributed by atoms with Gasteiger partial charge in [0.25, 0.3) is 0 Å². The minimum absolute atomic E-state index is 0.219. The van der Waals surface area contributed by atoms with Gasteiger partial charge >= 0.3 is 0 Å². The summed E-state index contributed by atoms with van der Waals surface area (Å²) < 4.78 is 0. The number of anilines is 1. The Hall–Kier alpha value is -2.31. The first-order chi connectivity index (χ1) is 14.9. The standard InChI is InChI=1S/C28H33NO2/c1-4-14-28(31)15-13-25-23-11-7-19-16-21(30)10-12-22(19)26(23)24(17-27(25,28)2)18-5-8-20(29-3)9-6-18/h5-6,8-9,16,23-25,29,31H,7,10-13,15,17H2,1-3H3/t23?,24?,25?,27-,28-/m0/s1. The van der Waals surface area contributed by atoms with E-state index in [4.69, 9.17) is 0 Å². The molecule has 2 N–H and O–H groups in total. The fourth-order valence-electron chi connectivity index (χ4n) is 7.26. The van der Waals surface area contributed by atoms with Crippen molar-refractivity contribution in [3.8, 4) is 11.8 Å². The van der Waals surface area contributed by atoms with E-state index in [1.807, 2.05) is 20.0 Å². The van der Waals surface area contributed by atoms with Crippen LogP contribution in [0.1, 0.15) is 70.3 Å². The zero-order valence-electron chi connectivity index (χ0n) is 18.9. The van der Waals surface area contributed by atoms with Crippen molar-refractivity contribution >= 4 is 11.5 Å². The SMILES string of the molecule is CC#C[C@]1(O)CCC2C3CCC4=CC(=O)CCC4=C3C(c3ccc(NC)cc3)C[C@@]21C. The van der Waals surface area contributed by atoms with Crippen molar-refractivity contribution in [1.82, 2.24) is 0 Å². The predicted octanol–water partition coefficient (Wildman–Crippen LogP) is 5.38. The molecule has 2 saturated carbocycles. The van der Waals surface area contributed by atoms with Gasteiger partial charge in [-0.25, -0.2) is 0 Å². The second kappa shape index (κ2) is 7.38. The molecule has 0 radical (unpaired) electrons. The van der Waals surface area contributed by atoms with Gasteiger partial charge in [0.05, 0.1) is 0 Å². The lowest BCUT2D eigenvalue weighted by molar-refractivity contribution is -0.114. The molecular weight excluding hydrogens is 382 g/mol. The van der Waals surface area contributed by atoms with Crippen LogP contribution in [0.25, 0.3) is 0 Å². The normalized spacial score (nSPS) is 36.6. The van der Waals surface area contributed by atoms with Gasteiger partial charge < -0.3 is 10.4 Å². The first-order valence-electron chi connectivity index (χ1n) is 11.8. The van der Waals surface area contributed by atoms with Gasteiger partial charge in [-0.15, -0.1) is 5.92 Å². The summed E-state index contributed by atoms with van der Waals surface area (Å²) >= 11 is 0. The van der Waals surface area contributed by atoms with Gasteiger partial charge in [-0.05, 0) is 92.2 Å². The zero-order valence-corrected chi connectivity index (χ0v) is 18.9. The lowest BCUT2D eigenvalue weighted by Gasteiger charge is -2.53. The molecule has 0 amide bonds. The minimum atomic E-state index is -0.912. The second-order valence-electron chi connectivity index (χ2n) is 10.1. The maximum Gasteiger partial charge on any atom is 0.156 e. The monoisotopic (exact) mass is 415 g/mol. The highest BCUT2D eigenvalue weighted by molar-refractivity contribution is 5.93. The third kappa shape index (κ3) is 3.03. The molecule has 162 valence electrons. The number of aliphatic hydroxyl groups is 1. The van der Waals surface area contributed by atoms with Crippen LogP contribution in [0.15, 0.2) is 47.1 Å². The highest BCUT2D eigenvalue weighted by Crippen LogP contribution is 2.66. The molecule has 0 aliphatic heterocycles. The molecule has 5 rings (SSSR count). The topological polar surface area (TPSA) is 49.3 Å². The molecule has 1 aromatic rings. The summed E-state index contributed by atoms with van der Waals surface area (Å²) in [6.07, 6.45) is 8.22. The molecule has 0 bridgehead atoms. The van der Waals surface area contributed by atoms with E-state index in [0.29, 0.717) is 18.3 Å². The molecule has 31 heavy (non-hydrogen) atoms. The van der Waals surface area contributed by atoms with Gasteiger partial charge in [-0.1, -0.05) is 30.6 Å². The van der Waals surface area contributed by atoms with Crippen molar-refractivity contribution in [2.45, 2.75) is 70.3 Å². The van der Waals surface area contributed by atoms with E-state index in [2.05, 4.69) is 48.3 Å². The molecule has 0 saturated heterocycles. The van der Waals surface area contributed by atoms with Gasteiger partial charge in [0.1, 0.15) is 5.60 Å². The maximum atomic E-state index is 12.1. The van der Waals surface area contributed by atoms with E-state index in [1.54, 1.807) is 5.57 Å². The average molecular weight is 416 g/mol. The van der Waals surface area contributed by atoms with Gasteiger partial charge in [0.15, 0.2) is 5.78 Å². The molecule has 4 aliphatic carbocycles. The highest BCUT2D eigenvalue weighted by Gasteiger charge is 2.62. The van der Waals surface area contributed by atoms with Crippen LogP contribution in [0, 0.1) is 29.1 Å². The summed E-state index contributed by atoms with van der Waals surface area (Å²) in [5.41, 5.74) is 5.61. The Morgan fingerprint density at radius 2 is 1.90 bits per heavy atom. The van der Waals surface area contributed by atoms with E-state index in [-0.39, 0.29) is 17.1 Å². The Morgan fingerprint density at radius 1 is 1.13 bits per heavy atom. The Morgan fingerprint density at radius 3 is 2.61 bits per heavy atom. The van der Waals surface area contributed by atoms with Crippen LogP contribution < -0.4 is 5.32 Å². The first-order valence-corrected chi connectivity index (χ1v) is 11.8. The van der Waals surface area contributed by atoms with Crippen LogP contribution in [0.5, 0.6) is 0 Å². The molecule has 3 nitrogen and oxygen atoms in total. The number of ketones is 1. The third-order valence-electron chi connectivity index (χ3n) is 8.82. The molecule has 1 aromatic carbocycles. The summed E-state index contributed by atoms with van der Waals surface area (Å²) in [5.74, 6) is 7.74. The summed E-state index contributed by atoms with van der Waals surface area (Å²) in [6, 6.07) is 8.80. The lowest BCUT2D eigenvalue weighted by Crippen LogP contribution is -2.51. The quantitative estimate of drug-likeness (QED) is 0.638. The molecule has 3 heteroatoms. The van der Waals surface area contributed by atoms with Crippen molar-refractivity contribution in [3.63, 3.8) is 0 Å². The van der Waals surface area contributed by atoms with Crippen LogP contribution in [-0.2, 0) is 4.79 Å². The number of nitrogens with one attached hydrogen (secondary N) is 1. The summed E-state index contributed by atoms with van der Waals surface area (Å²) in [5, 5.41) is 14.9.